The molecule has 2 aromatic carbocycles. The van der Waals surface area contributed by atoms with Gasteiger partial charge in [-0.05, 0) is 42.7 Å². The maximum absolute atomic E-state index is 12.7. The lowest BCUT2D eigenvalue weighted by atomic mass is 10.0. The summed E-state index contributed by atoms with van der Waals surface area (Å²) in [5.41, 5.74) is 2.58. The molecule has 25 heavy (non-hydrogen) atoms. The van der Waals surface area contributed by atoms with Gasteiger partial charge in [0, 0.05) is 11.6 Å². The number of nitrogens with zero attached hydrogens (tertiary/aromatic N) is 3. The second-order valence-electron chi connectivity index (χ2n) is 6.00. The average molecular weight is 336 g/mol. The predicted octanol–water partition coefficient (Wildman–Crippen LogP) is 2.39. The van der Waals surface area contributed by atoms with Gasteiger partial charge < -0.3 is 10.4 Å². The SMILES string of the molecule is C[C@@H](Cc1ccc(O)cc1)NC(=O)c1ccccc1Cn1cncn1. The fourth-order valence-electron chi connectivity index (χ4n) is 2.71. The maximum atomic E-state index is 12.7. The normalized spacial score (nSPS) is 11.9. The van der Waals surface area contributed by atoms with E-state index in [4.69, 9.17) is 0 Å². The summed E-state index contributed by atoms with van der Waals surface area (Å²) in [6.45, 7) is 2.46. The number of phenols is 1. The van der Waals surface area contributed by atoms with E-state index in [1.54, 1.807) is 23.1 Å². The Kier molecular flexibility index (Phi) is 5.09. The van der Waals surface area contributed by atoms with Crippen LogP contribution in [0.2, 0.25) is 0 Å². The molecule has 0 fully saturated rings. The minimum atomic E-state index is -0.109. The predicted molar refractivity (Wildman–Crippen MR) is 94.3 cm³/mol. The Hall–Kier alpha value is -3.15. The standard InChI is InChI=1S/C19H20N4O2/c1-14(10-15-6-8-17(24)9-7-15)22-19(25)18-5-3-2-4-16(18)11-23-13-20-12-21-23/h2-9,12-14,24H,10-11H2,1H3,(H,22,25)/t14-/m0/s1. The summed E-state index contributed by atoms with van der Waals surface area (Å²) < 4.78 is 1.69. The molecule has 0 aliphatic carbocycles. The summed E-state index contributed by atoms with van der Waals surface area (Å²) in [6.07, 6.45) is 3.79. The van der Waals surface area contributed by atoms with Gasteiger partial charge in [-0.15, -0.1) is 0 Å². The molecule has 0 radical (unpaired) electrons. The van der Waals surface area contributed by atoms with E-state index in [2.05, 4.69) is 15.4 Å². The number of carbonyl (C=O) groups is 1. The highest BCUT2D eigenvalue weighted by molar-refractivity contribution is 5.95. The van der Waals surface area contributed by atoms with Crippen LogP contribution >= 0.6 is 0 Å². The maximum Gasteiger partial charge on any atom is 0.251 e. The highest BCUT2D eigenvalue weighted by atomic mass is 16.3. The number of hydrogen-bond acceptors (Lipinski definition) is 4. The van der Waals surface area contributed by atoms with Gasteiger partial charge >= 0.3 is 0 Å². The van der Waals surface area contributed by atoms with Crippen LogP contribution in [0.1, 0.15) is 28.4 Å². The van der Waals surface area contributed by atoms with E-state index in [-0.39, 0.29) is 17.7 Å². The summed E-state index contributed by atoms with van der Waals surface area (Å²) in [5.74, 6) is 0.129. The Morgan fingerprint density at radius 1 is 1.20 bits per heavy atom. The van der Waals surface area contributed by atoms with E-state index in [9.17, 15) is 9.90 Å². The van der Waals surface area contributed by atoms with Crippen LogP contribution in [0.3, 0.4) is 0 Å². The lowest BCUT2D eigenvalue weighted by Crippen LogP contribution is -2.34. The minimum Gasteiger partial charge on any atom is -0.508 e. The van der Waals surface area contributed by atoms with Crippen molar-refractivity contribution in [2.45, 2.75) is 25.9 Å². The first kappa shape index (κ1) is 16.7. The molecule has 3 aromatic rings. The summed E-state index contributed by atoms with van der Waals surface area (Å²) in [5, 5.41) is 16.5. The summed E-state index contributed by atoms with van der Waals surface area (Å²) in [6, 6.07) is 14.5. The highest BCUT2D eigenvalue weighted by Gasteiger charge is 2.14. The molecule has 1 atom stereocenters. The first-order chi connectivity index (χ1) is 12.1. The monoisotopic (exact) mass is 336 g/mol. The molecule has 0 unspecified atom stereocenters. The number of phenolic OH excluding ortho intramolecular Hbond substituents is 1. The van der Waals surface area contributed by atoms with Crippen molar-refractivity contribution in [2.75, 3.05) is 0 Å². The van der Waals surface area contributed by atoms with Crippen molar-refractivity contribution in [1.29, 1.82) is 0 Å². The van der Waals surface area contributed by atoms with Crippen LogP contribution in [-0.2, 0) is 13.0 Å². The number of aromatic nitrogens is 3. The van der Waals surface area contributed by atoms with Crippen LogP contribution in [0.5, 0.6) is 5.75 Å². The molecule has 0 spiro atoms. The first-order valence-electron chi connectivity index (χ1n) is 8.11. The third-order valence-corrected chi connectivity index (χ3v) is 3.92. The second-order valence-corrected chi connectivity index (χ2v) is 6.00. The van der Waals surface area contributed by atoms with Crippen molar-refractivity contribution in [3.63, 3.8) is 0 Å². The Morgan fingerprint density at radius 3 is 2.68 bits per heavy atom. The number of amides is 1. The summed E-state index contributed by atoms with van der Waals surface area (Å²) >= 11 is 0. The van der Waals surface area contributed by atoms with E-state index in [0.717, 1.165) is 11.1 Å². The number of hydrogen-bond donors (Lipinski definition) is 2. The van der Waals surface area contributed by atoms with Crippen molar-refractivity contribution in [2.24, 2.45) is 0 Å². The average Bonchev–Trinajstić information content (AvgIpc) is 3.10. The number of carbonyl (C=O) groups excluding carboxylic acids is 1. The summed E-state index contributed by atoms with van der Waals surface area (Å²) in [4.78, 5) is 16.6. The van der Waals surface area contributed by atoms with Gasteiger partial charge in [0.1, 0.15) is 18.4 Å². The zero-order chi connectivity index (χ0) is 17.6. The molecule has 1 aromatic heterocycles. The molecule has 1 heterocycles. The molecule has 0 saturated carbocycles. The Morgan fingerprint density at radius 2 is 1.96 bits per heavy atom. The van der Waals surface area contributed by atoms with Gasteiger partial charge in [-0.1, -0.05) is 30.3 Å². The number of aromatic hydroxyl groups is 1. The zero-order valence-corrected chi connectivity index (χ0v) is 14.0. The fourth-order valence-corrected chi connectivity index (χ4v) is 2.71. The largest absolute Gasteiger partial charge is 0.508 e. The molecule has 128 valence electrons. The van der Waals surface area contributed by atoms with Gasteiger partial charge in [0.15, 0.2) is 0 Å². The van der Waals surface area contributed by atoms with Crippen molar-refractivity contribution in [3.05, 3.63) is 77.9 Å². The topological polar surface area (TPSA) is 80.0 Å². The fraction of sp³-hybridized carbons (Fsp3) is 0.211. The Balaban J connectivity index is 1.67. The summed E-state index contributed by atoms with van der Waals surface area (Å²) in [7, 11) is 0. The molecule has 6 heteroatoms. The smallest absolute Gasteiger partial charge is 0.251 e. The van der Waals surface area contributed by atoms with Crippen molar-refractivity contribution >= 4 is 5.91 Å². The van der Waals surface area contributed by atoms with Crippen molar-refractivity contribution in [1.82, 2.24) is 20.1 Å². The molecule has 0 aliphatic heterocycles. The molecule has 2 N–H and O–H groups in total. The molecule has 0 saturated heterocycles. The van der Waals surface area contributed by atoms with Crippen LogP contribution in [0.25, 0.3) is 0 Å². The molecule has 0 bridgehead atoms. The van der Waals surface area contributed by atoms with Crippen LogP contribution in [-0.4, -0.2) is 31.8 Å². The van der Waals surface area contributed by atoms with E-state index < -0.39 is 0 Å². The number of rotatable bonds is 6. The molecular formula is C19H20N4O2. The molecule has 0 aliphatic rings. The quantitative estimate of drug-likeness (QED) is 0.724. The Bertz CT molecular complexity index is 829. The van der Waals surface area contributed by atoms with Gasteiger partial charge in [0.2, 0.25) is 0 Å². The van der Waals surface area contributed by atoms with E-state index in [1.807, 2.05) is 43.3 Å². The molecule has 6 nitrogen and oxygen atoms in total. The Labute approximate surface area is 146 Å². The van der Waals surface area contributed by atoms with E-state index in [1.165, 1.54) is 6.33 Å². The van der Waals surface area contributed by atoms with Crippen LogP contribution in [0, 0.1) is 0 Å². The van der Waals surface area contributed by atoms with Gasteiger partial charge in [-0.3, -0.25) is 4.79 Å². The third-order valence-electron chi connectivity index (χ3n) is 3.92. The van der Waals surface area contributed by atoms with E-state index >= 15 is 0 Å². The first-order valence-corrected chi connectivity index (χ1v) is 8.11. The lowest BCUT2D eigenvalue weighted by molar-refractivity contribution is 0.0939. The number of benzene rings is 2. The highest BCUT2D eigenvalue weighted by Crippen LogP contribution is 2.13. The van der Waals surface area contributed by atoms with Gasteiger partial charge in [-0.25, -0.2) is 9.67 Å². The van der Waals surface area contributed by atoms with Crippen molar-refractivity contribution < 1.29 is 9.90 Å². The number of nitrogens with one attached hydrogen (secondary N) is 1. The zero-order valence-electron chi connectivity index (χ0n) is 14.0. The van der Waals surface area contributed by atoms with E-state index in [0.29, 0.717) is 18.5 Å². The molecule has 3 rings (SSSR count). The van der Waals surface area contributed by atoms with Gasteiger partial charge in [0.25, 0.3) is 5.91 Å². The van der Waals surface area contributed by atoms with Gasteiger partial charge in [0.05, 0.1) is 6.54 Å². The van der Waals surface area contributed by atoms with Crippen LogP contribution in [0.4, 0.5) is 0 Å². The lowest BCUT2D eigenvalue weighted by Gasteiger charge is -2.16. The second kappa shape index (κ2) is 7.61. The molecule has 1 amide bonds. The van der Waals surface area contributed by atoms with Crippen LogP contribution < -0.4 is 5.32 Å². The minimum absolute atomic E-state index is 0.0310. The molecular weight excluding hydrogens is 316 g/mol. The van der Waals surface area contributed by atoms with Crippen molar-refractivity contribution in [3.8, 4) is 5.75 Å². The third kappa shape index (κ3) is 4.44. The van der Waals surface area contributed by atoms with Gasteiger partial charge in [-0.2, -0.15) is 5.10 Å². The van der Waals surface area contributed by atoms with Crippen LogP contribution in [0.15, 0.2) is 61.2 Å².